The van der Waals surface area contributed by atoms with Crippen molar-refractivity contribution in [3.8, 4) is 5.75 Å². The minimum absolute atomic E-state index is 0.00610. The van der Waals surface area contributed by atoms with Gasteiger partial charge in [0.2, 0.25) is 17.7 Å². The van der Waals surface area contributed by atoms with Gasteiger partial charge in [0.1, 0.15) is 23.9 Å². The van der Waals surface area contributed by atoms with Gasteiger partial charge in [-0.2, -0.15) is 0 Å². The van der Waals surface area contributed by atoms with Gasteiger partial charge in [-0.25, -0.2) is 0 Å². The van der Waals surface area contributed by atoms with Crippen molar-refractivity contribution in [2.75, 3.05) is 6.54 Å². The van der Waals surface area contributed by atoms with E-state index in [0.717, 1.165) is 0 Å². The standard InChI is InChI=1S/C21H33N7O6/c1-11(22)17(30)27-15(4-3-9-25-21(23)24)18(31)28-16(19(32)26-12(2)20(33)34)10-13-5-7-14(29)8-6-13/h5-8,11-12,15-16,29H,3-4,9-10,22H2,1-2H3,(H,26,32)(H,27,30)(H,28,31)(H,33,34)(H4,23,24,25)/t11-,12-,15-,16-/m0/s1. The monoisotopic (exact) mass is 479 g/mol. The number of carbonyl (C=O) groups is 4. The number of amides is 3. The van der Waals surface area contributed by atoms with E-state index in [2.05, 4.69) is 20.9 Å². The van der Waals surface area contributed by atoms with Crippen LogP contribution in [0.4, 0.5) is 0 Å². The number of hydrogen-bond acceptors (Lipinski definition) is 7. The van der Waals surface area contributed by atoms with E-state index in [9.17, 15) is 24.3 Å². The summed E-state index contributed by atoms with van der Waals surface area (Å²) < 4.78 is 0. The predicted octanol–water partition coefficient (Wildman–Crippen LogP) is -2.11. The van der Waals surface area contributed by atoms with Crippen LogP contribution in [0.2, 0.25) is 0 Å². The van der Waals surface area contributed by atoms with Crippen LogP contribution in [0, 0.1) is 0 Å². The average molecular weight is 480 g/mol. The lowest BCUT2D eigenvalue weighted by Gasteiger charge is -2.24. The first-order valence-corrected chi connectivity index (χ1v) is 10.6. The Labute approximate surface area is 197 Å². The van der Waals surface area contributed by atoms with Crippen LogP contribution in [0.15, 0.2) is 29.3 Å². The maximum Gasteiger partial charge on any atom is 0.325 e. The molecular weight excluding hydrogens is 446 g/mol. The highest BCUT2D eigenvalue weighted by molar-refractivity contribution is 5.94. The van der Waals surface area contributed by atoms with Gasteiger partial charge >= 0.3 is 5.97 Å². The van der Waals surface area contributed by atoms with Crippen LogP contribution in [0.1, 0.15) is 32.3 Å². The number of aliphatic imine (C=N–C) groups is 1. The lowest BCUT2D eigenvalue weighted by molar-refractivity contribution is -0.141. The number of carbonyl (C=O) groups excluding carboxylic acids is 3. The summed E-state index contributed by atoms with van der Waals surface area (Å²) in [4.78, 5) is 52.9. The lowest BCUT2D eigenvalue weighted by Crippen LogP contribution is -2.57. The Morgan fingerprint density at radius 3 is 2.03 bits per heavy atom. The minimum Gasteiger partial charge on any atom is -0.508 e. The van der Waals surface area contributed by atoms with Crippen molar-refractivity contribution >= 4 is 29.7 Å². The Hall–Kier alpha value is -3.87. The van der Waals surface area contributed by atoms with Gasteiger partial charge in [-0.3, -0.25) is 24.2 Å². The van der Waals surface area contributed by atoms with Crippen molar-refractivity contribution in [3.63, 3.8) is 0 Å². The summed E-state index contributed by atoms with van der Waals surface area (Å²) in [5.74, 6) is -3.30. The van der Waals surface area contributed by atoms with Crippen LogP contribution < -0.4 is 33.2 Å². The highest BCUT2D eigenvalue weighted by atomic mass is 16.4. The molecule has 34 heavy (non-hydrogen) atoms. The quantitative estimate of drug-likeness (QED) is 0.0876. The van der Waals surface area contributed by atoms with Gasteiger partial charge in [0.05, 0.1) is 6.04 Å². The van der Waals surface area contributed by atoms with Gasteiger partial charge in [0.15, 0.2) is 5.96 Å². The van der Waals surface area contributed by atoms with E-state index in [0.29, 0.717) is 12.0 Å². The molecule has 4 atom stereocenters. The second-order valence-corrected chi connectivity index (χ2v) is 7.80. The number of nitrogens with one attached hydrogen (secondary N) is 3. The number of hydrogen-bond donors (Lipinski definition) is 8. The van der Waals surface area contributed by atoms with E-state index < -0.39 is 47.9 Å². The van der Waals surface area contributed by atoms with Gasteiger partial charge in [0.25, 0.3) is 0 Å². The van der Waals surface area contributed by atoms with Crippen LogP contribution in [-0.2, 0) is 25.6 Å². The first-order chi connectivity index (χ1) is 15.9. The Balaban J connectivity index is 3.05. The normalized spacial score (nSPS) is 14.1. The number of phenolic OH excluding ortho intramolecular Hbond substituents is 1. The Kier molecular flexibility index (Phi) is 11.3. The largest absolute Gasteiger partial charge is 0.508 e. The highest BCUT2D eigenvalue weighted by Crippen LogP contribution is 2.12. The third-order valence-electron chi connectivity index (χ3n) is 4.73. The molecule has 0 aliphatic carbocycles. The van der Waals surface area contributed by atoms with Crippen LogP contribution in [0.25, 0.3) is 0 Å². The molecule has 188 valence electrons. The topological polar surface area (TPSA) is 235 Å². The van der Waals surface area contributed by atoms with E-state index in [-0.39, 0.29) is 31.1 Å². The summed E-state index contributed by atoms with van der Waals surface area (Å²) in [6.07, 6.45) is 0.506. The minimum atomic E-state index is -1.25. The molecular formula is C21H33N7O6. The maximum atomic E-state index is 13.0. The number of nitrogens with two attached hydrogens (primary N) is 3. The van der Waals surface area contributed by atoms with Gasteiger partial charge in [-0.05, 0) is 44.4 Å². The summed E-state index contributed by atoms with van der Waals surface area (Å²) in [6.45, 7) is 2.96. The molecule has 0 saturated carbocycles. The smallest absolute Gasteiger partial charge is 0.325 e. The zero-order valence-corrected chi connectivity index (χ0v) is 19.2. The molecule has 0 aliphatic heterocycles. The van der Waals surface area contributed by atoms with E-state index >= 15 is 0 Å². The van der Waals surface area contributed by atoms with E-state index in [1.54, 1.807) is 12.1 Å². The zero-order chi connectivity index (χ0) is 25.8. The summed E-state index contributed by atoms with van der Waals surface area (Å²) >= 11 is 0. The molecule has 0 heterocycles. The average Bonchev–Trinajstić information content (AvgIpc) is 2.76. The fraction of sp³-hybridized carbons (Fsp3) is 0.476. The van der Waals surface area contributed by atoms with Crippen molar-refractivity contribution in [1.29, 1.82) is 0 Å². The van der Waals surface area contributed by atoms with E-state index in [1.165, 1.54) is 26.0 Å². The number of nitrogens with zero attached hydrogens (tertiary/aromatic N) is 1. The number of guanidine groups is 1. The third-order valence-corrected chi connectivity index (χ3v) is 4.73. The van der Waals surface area contributed by atoms with Crippen molar-refractivity contribution < 1.29 is 29.4 Å². The van der Waals surface area contributed by atoms with Crippen LogP contribution >= 0.6 is 0 Å². The molecule has 0 fully saturated rings. The summed E-state index contributed by atoms with van der Waals surface area (Å²) in [5.41, 5.74) is 16.8. The molecule has 0 saturated heterocycles. The second kappa shape index (κ2) is 13.6. The molecule has 3 amide bonds. The molecule has 13 nitrogen and oxygen atoms in total. The van der Waals surface area contributed by atoms with Gasteiger partial charge < -0.3 is 43.4 Å². The fourth-order valence-corrected chi connectivity index (χ4v) is 2.80. The van der Waals surface area contributed by atoms with E-state index in [4.69, 9.17) is 22.3 Å². The van der Waals surface area contributed by atoms with Crippen molar-refractivity contribution in [3.05, 3.63) is 29.8 Å². The molecule has 0 aromatic heterocycles. The Bertz CT molecular complexity index is 884. The number of rotatable bonds is 13. The summed E-state index contributed by atoms with van der Waals surface area (Å²) in [6, 6.07) is 1.69. The fourth-order valence-electron chi connectivity index (χ4n) is 2.80. The lowest BCUT2D eigenvalue weighted by atomic mass is 10.0. The summed E-state index contributed by atoms with van der Waals surface area (Å²) in [7, 11) is 0. The van der Waals surface area contributed by atoms with E-state index in [1.807, 2.05) is 0 Å². The van der Waals surface area contributed by atoms with Crippen LogP contribution in [0.5, 0.6) is 5.75 Å². The molecule has 0 unspecified atom stereocenters. The number of carboxylic acids is 1. The molecule has 0 radical (unpaired) electrons. The Morgan fingerprint density at radius 2 is 1.50 bits per heavy atom. The number of aromatic hydroxyl groups is 1. The van der Waals surface area contributed by atoms with Crippen molar-refractivity contribution in [2.24, 2.45) is 22.2 Å². The molecule has 0 bridgehead atoms. The Morgan fingerprint density at radius 1 is 0.941 bits per heavy atom. The zero-order valence-electron chi connectivity index (χ0n) is 19.2. The number of benzene rings is 1. The van der Waals surface area contributed by atoms with Crippen LogP contribution in [-0.4, -0.2) is 70.6 Å². The molecule has 0 spiro atoms. The first kappa shape index (κ1) is 28.2. The SMILES string of the molecule is C[C@H](N)C(=O)N[C@@H](CCCN=C(N)N)C(=O)N[C@@H](Cc1ccc(O)cc1)C(=O)N[C@@H](C)C(=O)O. The van der Waals surface area contributed by atoms with Crippen molar-refractivity contribution in [1.82, 2.24) is 16.0 Å². The van der Waals surface area contributed by atoms with Crippen LogP contribution in [0.3, 0.4) is 0 Å². The molecule has 1 aromatic rings. The van der Waals surface area contributed by atoms with Gasteiger partial charge in [-0.15, -0.1) is 0 Å². The van der Waals surface area contributed by atoms with Crippen molar-refractivity contribution in [2.45, 2.75) is 57.3 Å². The molecule has 1 rings (SSSR count). The number of aliphatic carboxylic acids is 1. The molecule has 13 heteroatoms. The number of carboxylic acid groups (broad SMARTS) is 1. The molecule has 0 aliphatic rings. The third kappa shape index (κ3) is 10.2. The maximum absolute atomic E-state index is 13.0. The second-order valence-electron chi connectivity index (χ2n) is 7.80. The van der Waals surface area contributed by atoms with Gasteiger partial charge in [-0.1, -0.05) is 12.1 Å². The highest BCUT2D eigenvalue weighted by Gasteiger charge is 2.29. The molecule has 11 N–H and O–H groups in total. The molecule has 1 aromatic carbocycles. The summed E-state index contributed by atoms with van der Waals surface area (Å²) in [5, 5.41) is 26.0. The first-order valence-electron chi connectivity index (χ1n) is 10.6. The predicted molar refractivity (Wildman–Crippen MR) is 124 cm³/mol. The number of phenols is 1. The van der Waals surface area contributed by atoms with Gasteiger partial charge in [0, 0.05) is 13.0 Å².